The maximum atomic E-state index is 12.6. The minimum Gasteiger partial charge on any atom is -0.390 e. The lowest BCUT2D eigenvalue weighted by atomic mass is 9.99. The van der Waals surface area contributed by atoms with Crippen LogP contribution in [0, 0.1) is 0 Å². The van der Waals surface area contributed by atoms with Gasteiger partial charge in [0.2, 0.25) is 0 Å². The standard InChI is InChI=1S/C21H27N5O3/c1-14(19(27)10-26-7-6-15-4-2-3-5-16(15)9-26)24-21(28)18-8-20(23-13-22-18)25-17-11-29-12-17/h2-5,8,13-14,17,19,27H,6-7,9-12H2,1H3,(H,24,28)(H,22,23,25)/t14?,19-/m1/s1. The Kier molecular flexibility index (Phi) is 6.03. The maximum absolute atomic E-state index is 12.6. The largest absolute Gasteiger partial charge is 0.390 e. The third kappa shape index (κ3) is 4.90. The molecule has 2 aliphatic rings. The van der Waals surface area contributed by atoms with Crippen LogP contribution in [0.1, 0.15) is 28.5 Å². The van der Waals surface area contributed by atoms with Crippen molar-refractivity contribution in [1.82, 2.24) is 20.2 Å². The number of β-amino-alcohol motifs (C(OH)–C–C–N with tert-alkyl or cyclic N) is 1. The fourth-order valence-corrected chi connectivity index (χ4v) is 3.60. The highest BCUT2D eigenvalue weighted by Gasteiger charge is 2.24. The van der Waals surface area contributed by atoms with Gasteiger partial charge in [-0.25, -0.2) is 9.97 Å². The Morgan fingerprint density at radius 1 is 1.31 bits per heavy atom. The number of hydrogen-bond acceptors (Lipinski definition) is 7. The number of rotatable bonds is 7. The summed E-state index contributed by atoms with van der Waals surface area (Å²) in [6, 6.07) is 9.85. The number of aliphatic hydroxyl groups is 1. The van der Waals surface area contributed by atoms with Crippen LogP contribution in [0.25, 0.3) is 0 Å². The van der Waals surface area contributed by atoms with Crippen molar-refractivity contribution in [3.63, 3.8) is 0 Å². The normalized spacial score (nSPS) is 19.0. The molecular weight excluding hydrogens is 370 g/mol. The lowest BCUT2D eigenvalue weighted by Gasteiger charge is -2.32. The van der Waals surface area contributed by atoms with Crippen molar-refractivity contribution < 1.29 is 14.6 Å². The van der Waals surface area contributed by atoms with Gasteiger partial charge in [0.25, 0.3) is 5.91 Å². The van der Waals surface area contributed by atoms with Crippen molar-refractivity contribution in [2.24, 2.45) is 0 Å². The number of amides is 1. The summed E-state index contributed by atoms with van der Waals surface area (Å²) in [6.45, 7) is 5.31. The molecule has 1 aromatic carbocycles. The van der Waals surface area contributed by atoms with Gasteiger partial charge in [-0.1, -0.05) is 24.3 Å². The third-order valence-electron chi connectivity index (χ3n) is 5.48. The van der Waals surface area contributed by atoms with Gasteiger partial charge in [-0.15, -0.1) is 0 Å². The molecule has 1 unspecified atom stereocenters. The molecule has 8 nitrogen and oxygen atoms in total. The second-order valence-corrected chi connectivity index (χ2v) is 7.75. The van der Waals surface area contributed by atoms with E-state index in [1.807, 2.05) is 13.0 Å². The summed E-state index contributed by atoms with van der Waals surface area (Å²) in [6.07, 6.45) is 1.67. The van der Waals surface area contributed by atoms with E-state index in [9.17, 15) is 9.90 Å². The molecule has 1 fully saturated rings. The predicted molar refractivity (Wildman–Crippen MR) is 109 cm³/mol. The second kappa shape index (κ2) is 8.86. The van der Waals surface area contributed by atoms with Gasteiger partial charge in [-0.05, 0) is 24.5 Å². The summed E-state index contributed by atoms with van der Waals surface area (Å²) in [5.41, 5.74) is 2.95. The van der Waals surface area contributed by atoms with Crippen molar-refractivity contribution in [2.45, 2.75) is 38.1 Å². The van der Waals surface area contributed by atoms with E-state index in [0.29, 0.717) is 25.6 Å². The molecule has 2 atom stereocenters. The monoisotopic (exact) mass is 397 g/mol. The molecule has 2 aliphatic heterocycles. The number of aromatic nitrogens is 2. The van der Waals surface area contributed by atoms with E-state index in [4.69, 9.17) is 4.74 Å². The van der Waals surface area contributed by atoms with E-state index in [1.54, 1.807) is 6.07 Å². The molecule has 3 heterocycles. The highest BCUT2D eigenvalue weighted by molar-refractivity contribution is 5.93. The van der Waals surface area contributed by atoms with Crippen molar-refractivity contribution in [2.75, 3.05) is 31.6 Å². The van der Waals surface area contributed by atoms with Gasteiger partial charge < -0.3 is 20.5 Å². The summed E-state index contributed by atoms with van der Waals surface area (Å²) in [5, 5.41) is 16.7. The van der Waals surface area contributed by atoms with Crippen molar-refractivity contribution in [3.8, 4) is 0 Å². The van der Waals surface area contributed by atoms with Crippen LogP contribution in [-0.2, 0) is 17.7 Å². The smallest absolute Gasteiger partial charge is 0.270 e. The maximum Gasteiger partial charge on any atom is 0.270 e. The lowest BCUT2D eigenvalue weighted by molar-refractivity contribution is 0.0209. The topological polar surface area (TPSA) is 99.6 Å². The van der Waals surface area contributed by atoms with E-state index in [-0.39, 0.29) is 17.6 Å². The summed E-state index contributed by atoms with van der Waals surface area (Å²) in [4.78, 5) is 23.0. The van der Waals surface area contributed by atoms with E-state index in [2.05, 4.69) is 43.7 Å². The molecule has 0 spiro atoms. The van der Waals surface area contributed by atoms with Gasteiger partial charge >= 0.3 is 0 Å². The van der Waals surface area contributed by atoms with Crippen LogP contribution in [0.15, 0.2) is 36.7 Å². The summed E-state index contributed by atoms with van der Waals surface area (Å²) >= 11 is 0. The van der Waals surface area contributed by atoms with Gasteiger partial charge in [0, 0.05) is 25.7 Å². The number of fused-ring (bicyclic) bond motifs is 1. The first-order valence-electron chi connectivity index (χ1n) is 10.0. The first-order valence-corrected chi connectivity index (χ1v) is 10.0. The van der Waals surface area contributed by atoms with Crippen molar-refractivity contribution in [1.29, 1.82) is 0 Å². The molecule has 4 rings (SSSR count). The summed E-state index contributed by atoms with van der Waals surface area (Å²) in [7, 11) is 0. The van der Waals surface area contributed by atoms with Gasteiger partial charge in [0.1, 0.15) is 17.8 Å². The highest BCUT2D eigenvalue weighted by Crippen LogP contribution is 2.19. The van der Waals surface area contributed by atoms with Crippen LogP contribution in [-0.4, -0.2) is 70.4 Å². The van der Waals surface area contributed by atoms with Crippen LogP contribution in [0.4, 0.5) is 5.82 Å². The zero-order valence-corrected chi connectivity index (χ0v) is 16.5. The quantitative estimate of drug-likeness (QED) is 0.636. The Labute approximate surface area is 170 Å². The van der Waals surface area contributed by atoms with Crippen molar-refractivity contribution >= 4 is 11.7 Å². The summed E-state index contributed by atoms with van der Waals surface area (Å²) in [5.74, 6) is 0.273. The number of nitrogens with zero attached hydrogens (tertiary/aromatic N) is 3. The first-order chi connectivity index (χ1) is 14.1. The number of benzene rings is 1. The molecule has 0 aliphatic carbocycles. The molecule has 0 saturated carbocycles. The average molecular weight is 397 g/mol. The minimum absolute atomic E-state index is 0.219. The second-order valence-electron chi connectivity index (χ2n) is 7.75. The van der Waals surface area contributed by atoms with E-state index in [0.717, 1.165) is 19.5 Å². The Bertz CT molecular complexity index is 858. The number of carbonyl (C=O) groups excluding carboxylic acids is 1. The molecule has 8 heteroatoms. The van der Waals surface area contributed by atoms with E-state index < -0.39 is 12.1 Å². The molecule has 0 bridgehead atoms. The van der Waals surface area contributed by atoms with Crippen LogP contribution < -0.4 is 10.6 Å². The predicted octanol–water partition coefficient (Wildman–Crippen LogP) is 0.825. The SMILES string of the molecule is CC(NC(=O)c1cc(NC2COC2)ncn1)[C@H](O)CN1CCc2ccccc2C1. The van der Waals surface area contributed by atoms with Crippen molar-refractivity contribution in [3.05, 3.63) is 53.5 Å². The number of hydrogen-bond donors (Lipinski definition) is 3. The zero-order valence-electron chi connectivity index (χ0n) is 16.5. The number of ether oxygens (including phenoxy) is 1. The minimum atomic E-state index is -0.671. The average Bonchev–Trinajstić information content (AvgIpc) is 2.70. The van der Waals surface area contributed by atoms with Crippen LogP contribution in [0.3, 0.4) is 0 Å². The molecule has 1 saturated heterocycles. The number of nitrogens with one attached hydrogen (secondary N) is 2. The van der Waals surface area contributed by atoms with E-state index >= 15 is 0 Å². The Hall–Kier alpha value is -2.55. The molecule has 154 valence electrons. The number of aliphatic hydroxyl groups excluding tert-OH is 1. The van der Waals surface area contributed by atoms with Gasteiger partial charge in [0.05, 0.1) is 31.4 Å². The van der Waals surface area contributed by atoms with Gasteiger partial charge in [0.15, 0.2) is 0 Å². The summed E-state index contributed by atoms with van der Waals surface area (Å²) < 4.78 is 5.13. The van der Waals surface area contributed by atoms with Crippen LogP contribution in [0.5, 0.6) is 0 Å². The molecule has 1 aromatic heterocycles. The number of anilines is 1. The lowest BCUT2D eigenvalue weighted by Crippen LogP contribution is -2.47. The first kappa shape index (κ1) is 19.8. The fraction of sp³-hybridized carbons (Fsp3) is 0.476. The van der Waals surface area contributed by atoms with Gasteiger partial charge in [-0.2, -0.15) is 0 Å². The van der Waals surface area contributed by atoms with Gasteiger partial charge in [-0.3, -0.25) is 9.69 Å². The zero-order chi connectivity index (χ0) is 20.2. The molecule has 29 heavy (non-hydrogen) atoms. The molecule has 1 amide bonds. The van der Waals surface area contributed by atoms with E-state index in [1.165, 1.54) is 17.5 Å². The molecule has 3 N–H and O–H groups in total. The Balaban J connectivity index is 1.30. The molecule has 0 radical (unpaired) electrons. The highest BCUT2D eigenvalue weighted by atomic mass is 16.5. The van der Waals surface area contributed by atoms with Crippen LogP contribution in [0.2, 0.25) is 0 Å². The number of carbonyl (C=O) groups is 1. The Morgan fingerprint density at radius 3 is 2.86 bits per heavy atom. The molecule has 2 aromatic rings. The fourth-order valence-electron chi connectivity index (χ4n) is 3.60. The third-order valence-corrected chi connectivity index (χ3v) is 5.48. The van der Waals surface area contributed by atoms with Crippen LogP contribution >= 0.6 is 0 Å². The Morgan fingerprint density at radius 2 is 2.10 bits per heavy atom. The molecular formula is C21H27N5O3.